The molecule has 1 aromatic carbocycles. The lowest BCUT2D eigenvalue weighted by atomic mass is 9.89. The van der Waals surface area contributed by atoms with Gasteiger partial charge in [-0.1, -0.05) is 39.0 Å². The Balaban J connectivity index is 2.04. The fraction of sp³-hybridized carbons (Fsp3) is 0.316. The van der Waals surface area contributed by atoms with E-state index in [1.54, 1.807) is 19.1 Å². The number of azo groups is 1. The Hall–Kier alpha value is -3.49. The number of H-pyrrole nitrogens is 2. The first-order valence-electron chi connectivity index (χ1n) is 8.70. The van der Waals surface area contributed by atoms with Gasteiger partial charge >= 0.3 is 5.97 Å². The molecule has 0 aliphatic heterocycles. The van der Waals surface area contributed by atoms with Crippen LogP contribution in [-0.2, 0) is 10.2 Å². The lowest BCUT2D eigenvalue weighted by Gasteiger charge is -2.17. The van der Waals surface area contributed by atoms with Crippen molar-refractivity contribution in [2.45, 2.75) is 33.1 Å². The van der Waals surface area contributed by atoms with E-state index in [4.69, 9.17) is 4.74 Å². The molecule has 0 unspecified atom stereocenters. The molecule has 0 atom stereocenters. The third kappa shape index (κ3) is 3.51. The first-order chi connectivity index (χ1) is 13.2. The SMILES string of the molecule is COC(=O)c1c(N=Nc2c(C)[nH]n(-c3ccccc3)c2=O)n[nH]c1C(C)(C)C. The monoisotopic (exact) mass is 382 g/mol. The van der Waals surface area contributed by atoms with Crippen LogP contribution in [0.1, 0.15) is 42.5 Å². The number of para-hydroxylation sites is 1. The fourth-order valence-corrected chi connectivity index (χ4v) is 2.75. The molecule has 0 spiro atoms. The summed E-state index contributed by atoms with van der Waals surface area (Å²) in [6.07, 6.45) is 0. The van der Waals surface area contributed by atoms with Gasteiger partial charge in [-0.2, -0.15) is 5.10 Å². The van der Waals surface area contributed by atoms with Gasteiger partial charge in [-0.3, -0.25) is 15.0 Å². The van der Waals surface area contributed by atoms with E-state index in [-0.39, 0.29) is 28.0 Å². The molecule has 0 saturated carbocycles. The largest absolute Gasteiger partial charge is 0.465 e. The average molecular weight is 382 g/mol. The van der Waals surface area contributed by atoms with E-state index in [0.717, 1.165) is 0 Å². The van der Waals surface area contributed by atoms with Crippen molar-refractivity contribution in [1.82, 2.24) is 20.0 Å². The third-order valence-electron chi connectivity index (χ3n) is 4.19. The second kappa shape index (κ2) is 7.26. The van der Waals surface area contributed by atoms with Crippen LogP contribution in [0.5, 0.6) is 0 Å². The van der Waals surface area contributed by atoms with Crippen LogP contribution < -0.4 is 5.56 Å². The van der Waals surface area contributed by atoms with Crippen molar-refractivity contribution in [3.63, 3.8) is 0 Å². The Kier molecular flexibility index (Phi) is 5.00. The number of benzene rings is 1. The van der Waals surface area contributed by atoms with Crippen LogP contribution in [0.3, 0.4) is 0 Å². The zero-order valence-corrected chi connectivity index (χ0v) is 16.4. The number of ether oxygens (including phenoxy) is 1. The van der Waals surface area contributed by atoms with Crippen molar-refractivity contribution in [3.8, 4) is 5.69 Å². The molecule has 0 saturated heterocycles. The van der Waals surface area contributed by atoms with Gasteiger partial charge in [0.15, 0.2) is 5.69 Å². The number of rotatable bonds is 4. The van der Waals surface area contributed by atoms with Gasteiger partial charge in [0.25, 0.3) is 5.56 Å². The van der Waals surface area contributed by atoms with Crippen LogP contribution in [0.15, 0.2) is 45.4 Å². The van der Waals surface area contributed by atoms with Crippen molar-refractivity contribution < 1.29 is 9.53 Å². The van der Waals surface area contributed by atoms with Crippen molar-refractivity contribution >= 4 is 17.5 Å². The van der Waals surface area contributed by atoms with Crippen LogP contribution in [0.4, 0.5) is 11.5 Å². The first-order valence-corrected chi connectivity index (χ1v) is 8.70. The van der Waals surface area contributed by atoms with Crippen LogP contribution in [-0.4, -0.2) is 33.1 Å². The minimum absolute atomic E-state index is 0.0723. The van der Waals surface area contributed by atoms with E-state index >= 15 is 0 Å². The Bertz CT molecular complexity index is 1080. The molecular formula is C19H22N6O3. The minimum atomic E-state index is -0.569. The summed E-state index contributed by atoms with van der Waals surface area (Å²) < 4.78 is 6.24. The number of nitrogens with one attached hydrogen (secondary N) is 2. The van der Waals surface area contributed by atoms with Crippen molar-refractivity contribution in [2.24, 2.45) is 10.2 Å². The van der Waals surface area contributed by atoms with Gasteiger partial charge < -0.3 is 4.74 Å². The van der Waals surface area contributed by atoms with E-state index in [1.165, 1.54) is 11.8 Å². The molecule has 2 aromatic heterocycles. The summed E-state index contributed by atoms with van der Waals surface area (Å²) in [5, 5.41) is 18.0. The number of carbonyl (C=O) groups is 1. The standard InChI is InChI=1S/C19H22N6O3/c1-11-14(17(26)25(24-11)12-9-7-6-8-10-12)20-22-16-13(18(27)28-5)15(21-23-16)19(2,3)4/h6-10,24H,1-5H3,(H,21,23). The molecule has 2 heterocycles. The van der Waals surface area contributed by atoms with Gasteiger partial charge in [-0.15, -0.1) is 10.2 Å². The van der Waals surface area contributed by atoms with Crippen LogP contribution in [0.25, 0.3) is 5.69 Å². The highest BCUT2D eigenvalue weighted by atomic mass is 16.5. The topological polar surface area (TPSA) is 117 Å². The highest BCUT2D eigenvalue weighted by Crippen LogP contribution is 2.31. The number of methoxy groups -OCH3 is 1. The number of carbonyl (C=O) groups excluding carboxylic acids is 1. The number of aromatic nitrogens is 4. The van der Waals surface area contributed by atoms with E-state index < -0.39 is 5.97 Å². The second-order valence-electron chi connectivity index (χ2n) is 7.30. The number of hydrogen-bond donors (Lipinski definition) is 2. The molecule has 28 heavy (non-hydrogen) atoms. The summed E-state index contributed by atoms with van der Waals surface area (Å²) >= 11 is 0. The lowest BCUT2D eigenvalue weighted by Crippen LogP contribution is -2.17. The van der Waals surface area contributed by atoms with Crippen LogP contribution in [0.2, 0.25) is 0 Å². The number of nitrogens with zero attached hydrogens (tertiary/aromatic N) is 4. The third-order valence-corrected chi connectivity index (χ3v) is 4.19. The first kappa shape index (κ1) is 19.3. The molecule has 0 amide bonds. The summed E-state index contributed by atoms with van der Waals surface area (Å²) in [5.74, 6) is -0.497. The number of esters is 1. The summed E-state index contributed by atoms with van der Waals surface area (Å²) in [4.78, 5) is 25.0. The van der Waals surface area contributed by atoms with Gasteiger partial charge in [0.2, 0.25) is 5.82 Å². The molecule has 0 aliphatic carbocycles. The van der Waals surface area contributed by atoms with Crippen LogP contribution in [0, 0.1) is 6.92 Å². The Labute approximate surface area is 161 Å². The Morgan fingerprint density at radius 1 is 1.18 bits per heavy atom. The molecule has 9 heteroatoms. The summed E-state index contributed by atoms with van der Waals surface area (Å²) in [6, 6.07) is 9.14. The van der Waals surface area contributed by atoms with Gasteiger partial charge in [-0.05, 0) is 19.1 Å². The minimum Gasteiger partial charge on any atom is -0.465 e. The highest BCUT2D eigenvalue weighted by molar-refractivity contribution is 5.95. The van der Waals surface area contributed by atoms with E-state index in [2.05, 4.69) is 25.5 Å². The smallest absolute Gasteiger partial charge is 0.343 e. The summed E-state index contributed by atoms with van der Waals surface area (Å²) in [7, 11) is 1.29. The number of hydrogen-bond acceptors (Lipinski definition) is 6. The fourth-order valence-electron chi connectivity index (χ4n) is 2.75. The summed E-state index contributed by atoms with van der Waals surface area (Å²) in [5.41, 5.74) is 1.43. The Morgan fingerprint density at radius 2 is 1.86 bits per heavy atom. The number of aryl methyl sites for hydroxylation is 1. The van der Waals surface area contributed by atoms with Gasteiger partial charge in [-0.25, -0.2) is 9.48 Å². The molecular weight excluding hydrogens is 360 g/mol. The summed E-state index contributed by atoms with van der Waals surface area (Å²) in [6.45, 7) is 7.52. The molecule has 2 N–H and O–H groups in total. The maximum Gasteiger partial charge on any atom is 0.343 e. The van der Waals surface area contributed by atoms with Gasteiger partial charge in [0.05, 0.1) is 24.2 Å². The molecule has 0 aliphatic rings. The van der Waals surface area contributed by atoms with E-state index in [0.29, 0.717) is 17.1 Å². The molecule has 9 nitrogen and oxygen atoms in total. The molecule has 0 radical (unpaired) electrons. The lowest BCUT2D eigenvalue weighted by molar-refractivity contribution is 0.0599. The van der Waals surface area contributed by atoms with E-state index in [9.17, 15) is 9.59 Å². The molecule has 3 aromatic rings. The molecule has 3 rings (SSSR count). The van der Waals surface area contributed by atoms with Crippen molar-refractivity contribution in [1.29, 1.82) is 0 Å². The van der Waals surface area contributed by atoms with Crippen molar-refractivity contribution in [3.05, 3.63) is 57.6 Å². The zero-order chi connectivity index (χ0) is 20.5. The van der Waals surface area contributed by atoms with Crippen molar-refractivity contribution in [2.75, 3.05) is 7.11 Å². The predicted octanol–water partition coefficient (Wildman–Crippen LogP) is 3.70. The molecule has 146 valence electrons. The second-order valence-corrected chi connectivity index (χ2v) is 7.30. The maximum absolute atomic E-state index is 12.7. The average Bonchev–Trinajstić information content (AvgIpc) is 3.21. The normalized spacial score (nSPS) is 11.9. The Morgan fingerprint density at radius 3 is 2.46 bits per heavy atom. The maximum atomic E-state index is 12.7. The van der Waals surface area contributed by atoms with E-state index in [1.807, 2.05) is 39.0 Å². The number of aromatic amines is 2. The zero-order valence-electron chi connectivity index (χ0n) is 16.4. The molecule has 0 bridgehead atoms. The predicted molar refractivity (Wildman–Crippen MR) is 104 cm³/mol. The quantitative estimate of drug-likeness (QED) is 0.528. The van der Waals surface area contributed by atoms with Gasteiger partial charge in [0.1, 0.15) is 5.56 Å². The highest BCUT2D eigenvalue weighted by Gasteiger charge is 2.29. The van der Waals surface area contributed by atoms with Gasteiger partial charge in [0, 0.05) is 5.41 Å². The van der Waals surface area contributed by atoms with Crippen LogP contribution >= 0.6 is 0 Å². The molecule has 0 fully saturated rings.